The number of hydrogen-bond donors (Lipinski definition) is 0. The molecule has 1 unspecified atom stereocenters. The van der Waals surface area contributed by atoms with Gasteiger partial charge in [0.2, 0.25) is 0 Å². The molecule has 1 saturated heterocycles. The first-order valence-corrected chi connectivity index (χ1v) is 6.99. The molecule has 0 N–H and O–H groups in total. The third kappa shape index (κ3) is 4.04. The topological polar surface area (TPSA) is 55.8 Å². The average Bonchev–Trinajstić information content (AvgIpc) is 2.53. The largest absolute Gasteiger partial charge is 0.497 e. The lowest BCUT2D eigenvalue weighted by atomic mass is 9.95. The van der Waals surface area contributed by atoms with E-state index >= 15 is 0 Å². The minimum Gasteiger partial charge on any atom is -0.497 e. The fraction of sp³-hybridized carbons (Fsp3) is 0.500. The second kappa shape index (κ2) is 7.22. The van der Waals surface area contributed by atoms with Crippen LogP contribution in [-0.2, 0) is 20.9 Å². The van der Waals surface area contributed by atoms with Gasteiger partial charge in [-0.2, -0.15) is 0 Å². The molecule has 0 radical (unpaired) electrons. The van der Waals surface area contributed by atoms with E-state index in [1.807, 2.05) is 12.1 Å². The van der Waals surface area contributed by atoms with Crippen LogP contribution in [0.3, 0.4) is 0 Å². The number of rotatable bonds is 5. The number of hydrogen-bond acceptors (Lipinski definition) is 5. The van der Waals surface area contributed by atoms with Gasteiger partial charge in [-0.15, -0.1) is 0 Å². The molecule has 0 aliphatic carbocycles. The zero-order valence-corrected chi connectivity index (χ0v) is 12.3. The number of carbonyl (C=O) groups excluding carboxylic acids is 2. The Balaban J connectivity index is 2.09. The van der Waals surface area contributed by atoms with Crippen LogP contribution in [-0.4, -0.2) is 43.4 Å². The second-order valence-corrected chi connectivity index (χ2v) is 4.84. The number of benzene rings is 1. The Bertz CT molecular complexity index is 574. The minimum absolute atomic E-state index is 0.182. The monoisotopic (exact) mass is 293 g/mol. The van der Waals surface area contributed by atoms with E-state index in [-0.39, 0.29) is 19.6 Å². The molecule has 114 valence electrons. The maximum Gasteiger partial charge on any atom is 0.316 e. The number of methoxy groups -OCH3 is 1. The molecule has 1 fully saturated rings. The molecule has 5 heteroatoms. The fourth-order valence-electron chi connectivity index (χ4n) is 2.24. The second-order valence-electron chi connectivity index (χ2n) is 4.84. The van der Waals surface area contributed by atoms with E-state index in [0.29, 0.717) is 12.3 Å². The summed E-state index contributed by atoms with van der Waals surface area (Å²) in [7, 11) is 1.58. The number of piperidine rings is 1. The summed E-state index contributed by atoms with van der Waals surface area (Å²) in [6.07, 6.45) is 0.271. The Morgan fingerprint density at radius 3 is 2.76 bits per heavy atom. The van der Waals surface area contributed by atoms with Crippen molar-refractivity contribution in [2.24, 2.45) is 5.92 Å². The molecule has 0 bridgehead atoms. The first-order chi connectivity index (χ1) is 10.9. The van der Waals surface area contributed by atoms with Gasteiger partial charge < -0.3 is 9.47 Å². The van der Waals surface area contributed by atoms with Crippen LogP contribution in [0.4, 0.5) is 0 Å². The van der Waals surface area contributed by atoms with Gasteiger partial charge in [0.05, 0.1) is 23.0 Å². The highest BCUT2D eigenvalue weighted by molar-refractivity contribution is 6.00. The highest BCUT2D eigenvalue weighted by Gasteiger charge is 2.33. The number of nitrogens with zero attached hydrogens (tertiary/aromatic N) is 1. The molecule has 2 rings (SSSR count). The Morgan fingerprint density at radius 1 is 1.43 bits per heavy atom. The number of esters is 1. The van der Waals surface area contributed by atoms with Crippen LogP contribution < -0.4 is 4.74 Å². The average molecular weight is 293 g/mol. The summed E-state index contributed by atoms with van der Waals surface area (Å²) >= 11 is 0. The van der Waals surface area contributed by atoms with Gasteiger partial charge in [0, 0.05) is 13.1 Å². The van der Waals surface area contributed by atoms with Crippen molar-refractivity contribution < 1.29 is 21.8 Å². The lowest BCUT2D eigenvalue weighted by molar-refractivity contribution is -0.153. The zero-order chi connectivity index (χ0) is 17.0. The molecule has 21 heavy (non-hydrogen) atoms. The maximum absolute atomic E-state index is 12.3. The van der Waals surface area contributed by atoms with Gasteiger partial charge >= 0.3 is 5.97 Å². The molecule has 5 nitrogen and oxygen atoms in total. The summed E-state index contributed by atoms with van der Waals surface area (Å²) in [6.45, 7) is 0.263. The molecule has 1 atom stereocenters. The lowest BCUT2D eigenvalue weighted by Crippen LogP contribution is -2.43. The van der Waals surface area contributed by atoms with Gasteiger partial charge in [0.15, 0.2) is 5.78 Å². The van der Waals surface area contributed by atoms with Crippen molar-refractivity contribution >= 4 is 11.8 Å². The van der Waals surface area contributed by atoms with Gasteiger partial charge in [-0.1, -0.05) is 12.1 Å². The van der Waals surface area contributed by atoms with Crippen molar-refractivity contribution in [3.63, 3.8) is 0 Å². The Labute approximate surface area is 127 Å². The third-order valence-corrected chi connectivity index (χ3v) is 3.38. The summed E-state index contributed by atoms with van der Waals surface area (Å²) in [5, 5.41) is 0. The number of Topliss-reactive ketones (excluding diaryl/α,β-unsaturated/α-hetero) is 1. The summed E-state index contributed by atoms with van der Waals surface area (Å²) in [5.74, 6) is -1.66. The van der Waals surface area contributed by atoms with Crippen molar-refractivity contribution in [2.45, 2.75) is 19.9 Å². The van der Waals surface area contributed by atoms with Gasteiger partial charge in [0.1, 0.15) is 11.7 Å². The van der Waals surface area contributed by atoms with E-state index in [9.17, 15) is 9.59 Å². The Hall–Kier alpha value is -1.88. The fourth-order valence-corrected chi connectivity index (χ4v) is 2.24. The third-order valence-electron chi connectivity index (χ3n) is 3.38. The molecule has 1 aliphatic rings. The van der Waals surface area contributed by atoms with Crippen molar-refractivity contribution in [1.29, 1.82) is 0 Å². The van der Waals surface area contributed by atoms with Gasteiger partial charge in [-0.05, 0) is 31.0 Å². The molecule has 0 amide bonds. The molecule has 0 spiro atoms. The SMILES string of the molecule is [2H]C1([2H])C(=O)C(C(=O)OCC)CCN1Cc1ccc(OC)cc1. The van der Waals surface area contributed by atoms with Crippen molar-refractivity contribution in [3.05, 3.63) is 29.8 Å². The first kappa shape index (κ1) is 12.8. The van der Waals surface area contributed by atoms with E-state index in [1.165, 1.54) is 4.90 Å². The number of ketones is 1. The molecular weight excluding hydrogens is 270 g/mol. The summed E-state index contributed by atoms with van der Waals surface area (Å²) in [4.78, 5) is 25.6. The van der Waals surface area contributed by atoms with E-state index in [2.05, 4.69) is 0 Å². The van der Waals surface area contributed by atoms with Crippen LogP contribution in [0.5, 0.6) is 5.75 Å². The van der Waals surface area contributed by atoms with E-state index < -0.39 is 24.2 Å². The summed E-state index contributed by atoms with van der Waals surface area (Å²) in [6, 6.07) is 7.24. The van der Waals surface area contributed by atoms with Crippen molar-refractivity contribution in [2.75, 3.05) is 26.8 Å². The van der Waals surface area contributed by atoms with Gasteiger partial charge in [-0.3, -0.25) is 14.5 Å². The van der Waals surface area contributed by atoms with Crippen LogP contribution in [0.2, 0.25) is 0 Å². The standard InChI is InChI=1S/C16H21NO4/c1-3-21-16(19)14-8-9-17(11-15(14)18)10-12-4-6-13(20-2)7-5-12/h4-7,14H,3,8-11H2,1-2H3/i11D2. The summed E-state index contributed by atoms with van der Waals surface area (Å²) < 4.78 is 26.1. The van der Waals surface area contributed by atoms with Gasteiger partial charge in [-0.25, -0.2) is 0 Å². The Morgan fingerprint density at radius 2 is 2.14 bits per heavy atom. The smallest absolute Gasteiger partial charge is 0.316 e. The maximum atomic E-state index is 12.3. The Kier molecular flexibility index (Phi) is 4.41. The number of carbonyl (C=O) groups is 2. The number of likely N-dealkylation sites (tertiary alicyclic amines) is 1. The highest BCUT2D eigenvalue weighted by atomic mass is 16.5. The van der Waals surface area contributed by atoms with Gasteiger partial charge in [0.25, 0.3) is 0 Å². The zero-order valence-electron chi connectivity index (χ0n) is 14.3. The quantitative estimate of drug-likeness (QED) is 0.610. The van der Waals surface area contributed by atoms with Crippen LogP contribution in [0, 0.1) is 5.92 Å². The van der Waals surface area contributed by atoms with E-state index in [0.717, 1.165) is 5.56 Å². The molecule has 1 aliphatic heterocycles. The molecule has 1 aromatic rings. The van der Waals surface area contributed by atoms with Crippen LogP contribution >= 0.6 is 0 Å². The predicted octanol–water partition coefficient (Wildman–Crippen LogP) is 1.65. The summed E-state index contributed by atoms with van der Waals surface area (Å²) in [5.41, 5.74) is 0.872. The predicted molar refractivity (Wildman–Crippen MR) is 78.0 cm³/mol. The van der Waals surface area contributed by atoms with Crippen LogP contribution in [0.15, 0.2) is 24.3 Å². The molecule has 0 aromatic heterocycles. The molecular formula is C16H21NO4. The van der Waals surface area contributed by atoms with Crippen LogP contribution in [0.25, 0.3) is 0 Å². The highest BCUT2D eigenvalue weighted by Crippen LogP contribution is 2.19. The molecule has 1 heterocycles. The molecule has 1 aromatic carbocycles. The normalized spacial score (nSPS) is 23.1. The lowest BCUT2D eigenvalue weighted by Gasteiger charge is -2.29. The van der Waals surface area contributed by atoms with Crippen molar-refractivity contribution in [3.8, 4) is 5.75 Å². The van der Waals surface area contributed by atoms with Crippen LogP contribution in [0.1, 0.15) is 21.6 Å². The molecule has 0 saturated carbocycles. The van der Waals surface area contributed by atoms with E-state index in [1.54, 1.807) is 26.2 Å². The van der Waals surface area contributed by atoms with Crippen molar-refractivity contribution in [1.82, 2.24) is 4.90 Å². The first-order valence-electron chi connectivity index (χ1n) is 7.99. The van der Waals surface area contributed by atoms with E-state index in [4.69, 9.17) is 12.2 Å². The number of ether oxygens (including phenoxy) is 2. The minimum atomic E-state index is -2.18.